The molecule has 7 nitrogen and oxygen atoms in total. The Bertz CT molecular complexity index is 1090. The number of carbonyl (C=O) groups is 2. The van der Waals surface area contributed by atoms with Crippen molar-refractivity contribution in [3.05, 3.63) is 64.4 Å². The van der Waals surface area contributed by atoms with Crippen molar-refractivity contribution in [1.29, 1.82) is 0 Å². The van der Waals surface area contributed by atoms with Gasteiger partial charge in [0.2, 0.25) is 5.91 Å². The number of aromatic carboxylic acids is 1. The van der Waals surface area contributed by atoms with E-state index in [9.17, 15) is 14.4 Å². The summed E-state index contributed by atoms with van der Waals surface area (Å²) in [5.74, 6) is -1.26. The minimum Gasteiger partial charge on any atom is -0.478 e. The Morgan fingerprint density at radius 1 is 1.18 bits per heavy atom. The van der Waals surface area contributed by atoms with Gasteiger partial charge in [-0.15, -0.1) is 0 Å². The van der Waals surface area contributed by atoms with Crippen molar-refractivity contribution in [1.82, 2.24) is 9.55 Å². The van der Waals surface area contributed by atoms with Crippen LogP contribution in [-0.2, 0) is 11.8 Å². The van der Waals surface area contributed by atoms with E-state index >= 15 is 0 Å². The Kier molecular flexibility index (Phi) is 5.79. The molecule has 0 aliphatic carbocycles. The van der Waals surface area contributed by atoms with Crippen LogP contribution in [0.2, 0.25) is 0 Å². The van der Waals surface area contributed by atoms with Gasteiger partial charge in [0.15, 0.2) is 5.16 Å². The van der Waals surface area contributed by atoms with Crippen molar-refractivity contribution in [2.75, 3.05) is 5.32 Å². The molecule has 3 rings (SSSR count). The zero-order valence-corrected chi connectivity index (χ0v) is 16.2. The lowest BCUT2D eigenvalue weighted by atomic mass is 10.2. The number of rotatable bonds is 6. The van der Waals surface area contributed by atoms with Crippen LogP contribution in [0.25, 0.3) is 10.9 Å². The standard InChI is InChI=1S/C20H19N3O4S/c1-3-16(17(24)21-13-10-8-12(9-11-13)19(26)27)28-20-22-15-7-5-4-6-14(15)18(25)23(20)2/h4-11,16H,3H2,1-2H3,(H,21,24)(H,26,27). The highest BCUT2D eigenvalue weighted by Gasteiger charge is 2.21. The smallest absolute Gasteiger partial charge is 0.335 e. The van der Waals surface area contributed by atoms with Crippen LogP contribution >= 0.6 is 11.8 Å². The first-order valence-corrected chi connectivity index (χ1v) is 9.55. The molecule has 2 aromatic carbocycles. The number of nitrogens with one attached hydrogen (secondary N) is 1. The molecule has 0 fully saturated rings. The van der Waals surface area contributed by atoms with Crippen LogP contribution in [0.1, 0.15) is 23.7 Å². The molecule has 0 aliphatic heterocycles. The van der Waals surface area contributed by atoms with Crippen LogP contribution in [0.3, 0.4) is 0 Å². The Hall–Kier alpha value is -3.13. The number of benzene rings is 2. The van der Waals surface area contributed by atoms with E-state index in [0.29, 0.717) is 28.2 Å². The molecule has 0 aliphatic rings. The molecule has 1 atom stereocenters. The van der Waals surface area contributed by atoms with E-state index in [-0.39, 0.29) is 17.0 Å². The number of hydrogen-bond donors (Lipinski definition) is 2. The number of thioether (sulfide) groups is 1. The van der Waals surface area contributed by atoms with Crippen molar-refractivity contribution in [2.45, 2.75) is 23.8 Å². The van der Waals surface area contributed by atoms with Gasteiger partial charge in [0, 0.05) is 12.7 Å². The van der Waals surface area contributed by atoms with Gasteiger partial charge in [0.05, 0.1) is 21.7 Å². The number of hydrogen-bond acceptors (Lipinski definition) is 5. The van der Waals surface area contributed by atoms with Crippen LogP contribution in [-0.4, -0.2) is 31.8 Å². The zero-order chi connectivity index (χ0) is 20.3. The lowest BCUT2D eigenvalue weighted by molar-refractivity contribution is -0.115. The molecule has 0 saturated heterocycles. The summed E-state index contributed by atoms with van der Waals surface area (Å²) in [6, 6.07) is 13.0. The monoisotopic (exact) mass is 397 g/mol. The third-order valence-corrected chi connectivity index (χ3v) is 5.66. The third-order valence-electron chi connectivity index (χ3n) is 4.25. The van der Waals surface area contributed by atoms with Crippen molar-refractivity contribution in [3.63, 3.8) is 0 Å². The first-order chi connectivity index (χ1) is 13.4. The molecule has 0 spiro atoms. The normalized spacial score (nSPS) is 11.9. The SMILES string of the molecule is CCC(Sc1nc2ccccc2c(=O)n1C)C(=O)Nc1ccc(C(=O)O)cc1. The summed E-state index contributed by atoms with van der Waals surface area (Å²) in [5, 5.41) is 12.3. The molecular formula is C20H19N3O4S. The number of nitrogens with zero attached hydrogens (tertiary/aromatic N) is 2. The first kappa shape index (κ1) is 19.6. The van der Waals surface area contributed by atoms with Crippen molar-refractivity contribution in [3.8, 4) is 0 Å². The highest BCUT2D eigenvalue weighted by atomic mass is 32.2. The van der Waals surface area contributed by atoms with Crippen molar-refractivity contribution >= 4 is 40.2 Å². The maximum Gasteiger partial charge on any atom is 0.335 e. The van der Waals surface area contributed by atoms with Crippen molar-refractivity contribution < 1.29 is 14.7 Å². The summed E-state index contributed by atoms with van der Waals surface area (Å²) in [6.07, 6.45) is 0.534. The van der Waals surface area contributed by atoms with E-state index in [2.05, 4.69) is 10.3 Å². The van der Waals surface area contributed by atoms with Gasteiger partial charge in [-0.1, -0.05) is 30.8 Å². The number of carboxylic acids is 1. The van der Waals surface area contributed by atoms with E-state index in [1.54, 1.807) is 37.4 Å². The van der Waals surface area contributed by atoms with E-state index in [0.717, 1.165) is 0 Å². The van der Waals surface area contributed by atoms with E-state index in [4.69, 9.17) is 5.11 Å². The highest BCUT2D eigenvalue weighted by molar-refractivity contribution is 8.00. The molecular weight excluding hydrogens is 378 g/mol. The Labute approximate surface area is 165 Å². The lowest BCUT2D eigenvalue weighted by Crippen LogP contribution is -2.27. The average molecular weight is 397 g/mol. The molecule has 0 saturated carbocycles. The number of carboxylic acid groups (broad SMARTS) is 1. The number of aromatic nitrogens is 2. The molecule has 3 aromatic rings. The Morgan fingerprint density at radius 3 is 2.50 bits per heavy atom. The van der Waals surface area contributed by atoms with E-state index in [1.807, 2.05) is 13.0 Å². The number of fused-ring (bicyclic) bond motifs is 1. The fourth-order valence-electron chi connectivity index (χ4n) is 2.67. The third kappa shape index (κ3) is 4.07. The minimum atomic E-state index is -1.02. The molecule has 1 aromatic heterocycles. The average Bonchev–Trinajstić information content (AvgIpc) is 2.70. The number of para-hydroxylation sites is 1. The molecule has 0 bridgehead atoms. The zero-order valence-electron chi connectivity index (χ0n) is 15.4. The Morgan fingerprint density at radius 2 is 1.86 bits per heavy atom. The van der Waals surface area contributed by atoms with E-state index < -0.39 is 11.2 Å². The lowest BCUT2D eigenvalue weighted by Gasteiger charge is -2.16. The molecule has 1 unspecified atom stereocenters. The summed E-state index contributed by atoms with van der Waals surface area (Å²) in [6.45, 7) is 1.88. The van der Waals surface area contributed by atoms with Crippen LogP contribution in [0.4, 0.5) is 5.69 Å². The largest absolute Gasteiger partial charge is 0.478 e. The number of anilines is 1. The van der Waals surface area contributed by atoms with Crippen LogP contribution in [0.15, 0.2) is 58.5 Å². The van der Waals surface area contributed by atoms with Gasteiger partial charge in [-0.05, 0) is 42.8 Å². The second kappa shape index (κ2) is 8.26. The number of carbonyl (C=O) groups excluding carboxylic acids is 1. The summed E-state index contributed by atoms with van der Waals surface area (Å²) >= 11 is 1.23. The summed E-state index contributed by atoms with van der Waals surface area (Å²) in [7, 11) is 1.64. The molecule has 1 heterocycles. The molecule has 28 heavy (non-hydrogen) atoms. The van der Waals surface area contributed by atoms with Gasteiger partial charge in [-0.25, -0.2) is 9.78 Å². The topological polar surface area (TPSA) is 101 Å². The summed E-state index contributed by atoms with van der Waals surface area (Å²) in [5.41, 5.74) is 1.09. The minimum absolute atomic E-state index is 0.148. The molecule has 144 valence electrons. The van der Waals surface area contributed by atoms with Gasteiger partial charge >= 0.3 is 5.97 Å². The molecule has 2 N–H and O–H groups in total. The predicted molar refractivity (Wildman–Crippen MR) is 109 cm³/mol. The second-order valence-corrected chi connectivity index (χ2v) is 7.33. The summed E-state index contributed by atoms with van der Waals surface area (Å²) in [4.78, 5) is 40.6. The Balaban J connectivity index is 1.81. The van der Waals surface area contributed by atoms with Gasteiger partial charge in [-0.3, -0.25) is 14.2 Å². The molecule has 1 amide bonds. The fraction of sp³-hybridized carbons (Fsp3) is 0.200. The maximum absolute atomic E-state index is 12.7. The van der Waals surface area contributed by atoms with Crippen LogP contribution in [0.5, 0.6) is 0 Å². The predicted octanol–water partition coefficient (Wildman–Crippen LogP) is 3.14. The van der Waals surface area contributed by atoms with Gasteiger partial charge in [0.25, 0.3) is 5.56 Å². The molecule has 8 heteroatoms. The summed E-state index contributed by atoms with van der Waals surface area (Å²) < 4.78 is 1.45. The second-order valence-electron chi connectivity index (χ2n) is 6.16. The van der Waals surface area contributed by atoms with Crippen LogP contribution in [0, 0.1) is 0 Å². The van der Waals surface area contributed by atoms with Crippen LogP contribution < -0.4 is 10.9 Å². The van der Waals surface area contributed by atoms with Crippen molar-refractivity contribution in [2.24, 2.45) is 7.05 Å². The first-order valence-electron chi connectivity index (χ1n) is 8.67. The van der Waals surface area contributed by atoms with Gasteiger partial charge in [0.1, 0.15) is 0 Å². The highest BCUT2D eigenvalue weighted by Crippen LogP contribution is 2.25. The van der Waals surface area contributed by atoms with E-state index in [1.165, 1.54) is 28.5 Å². The van der Waals surface area contributed by atoms with Gasteiger partial charge < -0.3 is 10.4 Å². The number of amides is 1. The fourth-order valence-corrected chi connectivity index (χ4v) is 3.65. The van der Waals surface area contributed by atoms with Gasteiger partial charge in [-0.2, -0.15) is 0 Å². The molecule has 0 radical (unpaired) electrons. The quantitative estimate of drug-likeness (QED) is 0.489. The maximum atomic E-state index is 12.7.